The minimum atomic E-state index is -3.86. The molecule has 0 radical (unpaired) electrons. The lowest BCUT2D eigenvalue weighted by Gasteiger charge is -2.29. The maximum Gasteiger partial charge on any atom is 0.338 e. The first-order chi connectivity index (χ1) is 13.4. The first-order valence-corrected chi connectivity index (χ1v) is 10.5. The number of fused-ring (bicyclic) bond motifs is 3. The second kappa shape index (κ2) is 7.35. The second-order valence-corrected chi connectivity index (χ2v) is 8.40. The number of benzene rings is 2. The van der Waals surface area contributed by atoms with Crippen LogP contribution >= 0.6 is 0 Å². The Labute approximate surface area is 162 Å². The Kier molecular flexibility index (Phi) is 4.89. The van der Waals surface area contributed by atoms with Crippen LogP contribution < -0.4 is 4.90 Å². The van der Waals surface area contributed by atoms with E-state index in [1.807, 2.05) is 4.90 Å². The Bertz CT molecular complexity index is 1050. The number of hydrogen-bond acceptors (Lipinski definition) is 5. The van der Waals surface area contributed by atoms with Crippen LogP contribution in [0.3, 0.4) is 0 Å². The summed E-state index contributed by atoms with van der Waals surface area (Å²) in [5.41, 5.74) is 1.33. The predicted octanol–water partition coefficient (Wildman–Crippen LogP) is 3.66. The summed E-state index contributed by atoms with van der Waals surface area (Å²) in [6, 6.07) is 10.1. The van der Waals surface area contributed by atoms with Crippen LogP contribution in [0.5, 0.6) is 0 Å². The highest BCUT2D eigenvalue weighted by atomic mass is 32.2. The topological polar surface area (TPSA) is 76.0 Å². The third-order valence-electron chi connectivity index (χ3n) is 4.87. The molecule has 2 aliphatic heterocycles. The van der Waals surface area contributed by atoms with Gasteiger partial charge in [0.15, 0.2) is 0 Å². The van der Waals surface area contributed by atoms with Crippen molar-refractivity contribution in [1.29, 1.82) is 0 Å². The smallest absolute Gasteiger partial charge is 0.338 e. The van der Waals surface area contributed by atoms with Crippen molar-refractivity contribution in [3.63, 3.8) is 0 Å². The number of halogens is 1. The standard InChI is InChI=1S/C20H19FN2O4S/c21-16-8-5-14(6-9-16)13-27-20(24)15-7-10-17-18(12-15)28(25,26)22-19-4-2-1-3-11-23(17)19/h5-10,12H,1-4,11,13H2. The number of carbonyl (C=O) groups is 1. The molecule has 0 unspecified atom stereocenters. The van der Waals surface area contributed by atoms with Gasteiger partial charge in [0, 0.05) is 13.0 Å². The van der Waals surface area contributed by atoms with Gasteiger partial charge >= 0.3 is 5.97 Å². The third-order valence-corrected chi connectivity index (χ3v) is 6.20. The zero-order valence-corrected chi connectivity index (χ0v) is 15.9. The monoisotopic (exact) mass is 402 g/mol. The molecule has 2 aliphatic rings. The zero-order valence-electron chi connectivity index (χ0n) is 15.1. The number of rotatable bonds is 3. The van der Waals surface area contributed by atoms with E-state index in [0.29, 0.717) is 30.1 Å². The van der Waals surface area contributed by atoms with Gasteiger partial charge in [-0.3, -0.25) is 0 Å². The molecule has 4 rings (SSSR count). The van der Waals surface area contributed by atoms with Crippen molar-refractivity contribution in [1.82, 2.24) is 0 Å². The minimum Gasteiger partial charge on any atom is -0.457 e. The van der Waals surface area contributed by atoms with Crippen LogP contribution in [0.4, 0.5) is 10.1 Å². The van der Waals surface area contributed by atoms with E-state index < -0.39 is 16.0 Å². The molecule has 146 valence electrons. The quantitative estimate of drug-likeness (QED) is 0.733. The molecule has 0 atom stereocenters. The fraction of sp³-hybridized carbons (Fsp3) is 0.300. The number of esters is 1. The summed E-state index contributed by atoms with van der Waals surface area (Å²) >= 11 is 0. The van der Waals surface area contributed by atoms with Crippen molar-refractivity contribution >= 4 is 27.5 Å². The number of anilines is 1. The second-order valence-electron chi connectivity index (χ2n) is 6.83. The van der Waals surface area contributed by atoms with E-state index in [1.54, 1.807) is 12.1 Å². The van der Waals surface area contributed by atoms with E-state index in [0.717, 1.165) is 19.3 Å². The van der Waals surface area contributed by atoms with Gasteiger partial charge in [0.1, 0.15) is 23.2 Å². The number of carbonyl (C=O) groups excluding carboxylic acids is 1. The largest absolute Gasteiger partial charge is 0.457 e. The van der Waals surface area contributed by atoms with Crippen LogP contribution in [0, 0.1) is 5.82 Å². The van der Waals surface area contributed by atoms with Crippen molar-refractivity contribution in [2.45, 2.75) is 37.2 Å². The number of amidine groups is 1. The van der Waals surface area contributed by atoms with Gasteiger partial charge < -0.3 is 9.64 Å². The lowest BCUT2D eigenvalue weighted by Crippen LogP contribution is -2.35. The molecule has 0 N–H and O–H groups in total. The van der Waals surface area contributed by atoms with E-state index in [9.17, 15) is 17.6 Å². The molecular weight excluding hydrogens is 383 g/mol. The average Bonchev–Trinajstić information content (AvgIpc) is 2.92. The molecule has 2 aromatic carbocycles. The van der Waals surface area contributed by atoms with Gasteiger partial charge in [-0.05, 0) is 48.7 Å². The molecule has 2 aromatic rings. The van der Waals surface area contributed by atoms with Gasteiger partial charge in [-0.15, -0.1) is 4.40 Å². The fourth-order valence-electron chi connectivity index (χ4n) is 3.42. The summed E-state index contributed by atoms with van der Waals surface area (Å²) in [6.45, 7) is 0.674. The molecule has 1 fully saturated rings. The summed E-state index contributed by atoms with van der Waals surface area (Å²) in [7, 11) is -3.86. The van der Waals surface area contributed by atoms with Crippen LogP contribution in [0.25, 0.3) is 0 Å². The Morgan fingerprint density at radius 3 is 2.68 bits per heavy atom. The molecule has 28 heavy (non-hydrogen) atoms. The van der Waals surface area contributed by atoms with Gasteiger partial charge in [-0.1, -0.05) is 18.6 Å². The van der Waals surface area contributed by atoms with Gasteiger partial charge in [-0.25, -0.2) is 9.18 Å². The Balaban J connectivity index is 1.58. The van der Waals surface area contributed by atoms with Gasteiger partial charge in [0.05, 0.1) is 11.3 Å². The first kappa shape index (κ1) is 18.6. The van der Waals surface area contributed by atoms with Gasteiger partial charge in [0.25, 0.3) is 10.0 Å². The number of ether oxygens (including phenoxy) is 1. The number of sulfonamides is 1. The van der Waals surface area contributed by atoms with Crippen molar-refractivity contribution in [3.8, 4) is 0 Å². The third kappa shape index (κ3) is 3.64. The molecule has 0 bridgehead atoms. The molecule has 0 aliphatic carbocycles. The molecule has 8 heteroatoms. The highest BCUT2D eigenvalue weighted by molar-refractivity contribution is 7.90. The highest BCUT2D eigenvalue weighted by Crippen LogP contribution is 2.35. The first-order valence-electron chi connectivity index (χ1n) is 9.11. The van der Waals surface area contributed by atoms with E-state index >= 15 is 0 Å². The van der Waals surface area contributed by atoms with Crippen LogP contribution in [-0.2, 0) is 21.4 Å². The lowest BCUT2D eigenvalue weighted by molar-refractivity contribution is 0.0472. The van der Waals surface area contributed by atoms with E-state index in [1.165, 1.54) is 30.3 Å². The molecule has 0 saturated carbocycles. The average molecular weight is 402 g/mol. The van der Waals surface area contributed by atoms with Crippen molar-refractivity contribution in [2.75, 3.05) is 11.4 Å². The maximum absolute atomic E-state index is 12.9. The minimum absolute atomic E-state index is 0.0226. The van der Waals surface area contributed by atoms with Crippen molar-refractivity contribution in [3.05, 3.63) is 59.4 Å². The van der Waals surface area contributed by atoms with E-state index in [4.69, 9.17) is 4.74 Å². The van der Waals surface area contributed by atoms with Gasteiger partial charge in [0.2, 0.25) is 0 Å². The number of nitrogens with zero attached hydrogens (tertiary/aromatic N) is 2. The summed E-state index contributed by atoms with van der Waals surface area (Å²) in [5, 5.41) is 0. The highest BCUT2D eigenvalue weighted by Gasteiger charge is 2.32. The normalized spacial score (nSPS) is 17.8. The van der Waals surface area contributed by atoms with E-state index in [2.05, 4.69) is 4.40 Å². The van der Waals surface area contributed by atoms with Crippen LogP contribution in [-0.4, -0.2) is 26.8 Å². The van der Waals surface area contributed by atoms with E-state index in [-0.39, 0.29) is 22.9 Å². The molecule has 6 nitrogen and oxygen atoms in total. The number of hydrogen-bond donors (Lipinski definition) is 0. The Morgan fingerprint density at radius 1 is 1.11 bits per heavy atom. The molecule has 1 saturated heterocycles. The van der Waals surface area contributed by atoms with Crippen molar-refractivity contribution in [2.24, 2.45) is 4.40 Å². The maximum atomic E-state index is 12.9. The Hall–Kier alpha value is -2.74. The molecule has 2 heterocycles. The van der Waals surface area contributed by atoms with Crippen LogP contribution in [0.2, 0.25) is 0 Å². The fourth-order valence-corrected chi connectivity index (χ4v) is 4.70. The summed E-state index contributed by atoms with van der Waals surface area (Å²) in [6.07, 6.45) is 3.52. The summed E-state index contributed by atoms with van der Waals surface area (Å²) < 4.78 is 47.4. The summed E-state index contributed by atoms with van der Waals surface area (Å²) in [4.78, 5) is 14.3. The molecule has 0 spiro atoms. The molecule has 0 aromatic heterocycles. The van der Waals surface area contributed by atoms with Crippen molar-refractivity contribution < 1.29 is 22.3 Å². The Morgan fingerprint density at radius 2 is 1.89 bits per heavy atom. The molecule has 0 amide bonds. The lowest BCUT2D eigenvalue weighted by atomic mass is 10.1. The van der Waals surface area contributed by atoms with Gasteiger partial charge in [-0.2, -0.15) is 8.42 Å². The molecular formula is C20H19FN2O4S. The SMILES string of the molecule is O=C(OCc1ccc(F)cc1)c1ccc2c(c1)S(=O)(=O)N=C1CCCCCN12. The zero-order chi connectivity index (χ0) is 19.7. The van der Waals surface area contributed by atoms with Crippen LogP contribution in [0.15, 0.2) is 51.8 Å². The summed E-state index contributed by atoms with van der Waals surface area (Å²) in [5.74, 6) is -0.451. The predicted molar refractivity (Wildman–Crippen MR) is 102 cm³/mol. The van der Waals surface area contributed by atoms with Crippen LogP contribution in [0.1, 0.15) is 41.6 Å².